The molecule has 0 fully saturated rings. The lowest BCUT2D eigenvalue weighted by molar-refractivity contribution is 0.485. The van der Waals surface area contributed by atoms with Crippen molar-refractivity contribution in [3.05, 3.63) is 0 Å². The van der Waals surface area contributed by atoms with Crippen LogP contribution in [0.15, 0.2) is 0 Å². The average Bonchev–Trinajstić information content (AvgIpc) is 0.811. The Balaban J connectivity index is -0.0000000450. The van der Waals surface area contributed by atoms with Crippen LogP contribution >= 0.6 is 28.3 Å². The Kier molecular flexibility index (Phi) is 24.8. The molecule has 0 saturated carbocycles. The maximum Gasteiger partial charge on any atom is 0.247 e. The first kappa shape index (κ1) is 15.7. The summed E-state index contributed by atoms with van der Waals surface area (Å²) in [4.78, 5) is 14.9. The molecule has 2 atom stereocenters. The molecule has 0 aromatic carbocycles. The van der Waals surface area contributed by atoms with E-state index in [0.717, 1.165) is 0 Å². The standard InChI is InChI=1S/H4NO2P.2H3P/c1-4(2)3;;/h2-3H,1H2;2*1H3. The second kappa shape index (κ2) is 9.48. The molecule has 0 amide bonds. The van der Waals surface area contributed by atoms with E-state index >= 15 is 0 Å². The monoisotopic (exact) mass is 149 g/mol. The Hall–Kier alpha value is 1.17. The highest BCUT2D eigenvalue weighted by Gasteiger charge is 1.72. The van der Waals surface area contributed by atoms with Crippen molar-refractivity contribution in [1.29, 1.82) is 0 Å². The van der Waals surface area contributed by atoms with Gasteiger partial charge in [-0.15, -0.1) is 0 Å². The lowest BCUT2D eigenvalue weighted by Gasteiger charge is -1.79. The maximum absolute atomic E-state index is 7.45. The number of rotatable bonds is 0. The van der Waals surface area contributed by atoms with Crippen LogP contribution in [0.2, 0.25) is 0 Å². The minimum Gasteiger partial charge on any atom is -0.338 e. The Labute approximate surface area is 44.5 Å². The topological polar surface area (TPSA) is 66.5 Å². The fraction of sp³-hybridized carbons (Fsp3) is 0. The zero-order valence-corrected chi connectivity index (χ0v) is 7.06. The van der Waals surface area contributed by atoms with Crippen molar-refractivity contribution in [3.8, 4) is 0 Å². The Bertz CT molecular complexity index is 13.5. The molecule has 0 heterocycles. The average molecular weight is 149 g/mol. The van der Waals surface area contributed by atoms with Gasteiger partial charge in [-0.3, -0.25) is 5.50 Å². The molecular formula is H10NO2P3. The summed E-state index contributed by atoms with van der Waals surface area (Å²) in [7, 11) is -2.12. The third-order valence-corrected chi connectivity index (χ3v) is 0. The molecule has 0 bridgehead atoms. The van der Waals surface area contributed by atoms with Crippen LogP contribution in [0.4, 0.5) is 0 Å². The predicted octanol–water partition coefficient (Wildman–Crippen LogP) is -0.727. The van der Waals surface area contributed by atoms with E-state index in [1.807, 2.05) is 0 Å². The summed E-state index contributed by atoms with van der Waals surface area (Å²) < 4.78 is 0. The second-order valence-corrected chi connectivity index (χ2v) is 0.961. The molecule has 0 aliphatic heterocycles. The first-order valence-electron chi connectivity index (χ1n) is 0.658. The smallest absolute Gasteiger partial charge is 0.247 e. The molecule has 0 aliphatic carbocycles. The Morgan fingerprint density at radius 2 is 1.17 bits per heavy atom. The molecule has 0 aliphatic rings. The lowest BCUT2D eigenvalue weighted by Crippen LogP contribution is -1.78. The third kappa shape index (κ3) is 65.7. The van der Waals surface area contributed by atoms with Crippen molar-refractivity contribution in [1.82, 2.24) is 0 Å². The van der Waals surface area contributed by atoms with Crippen molar-refractivity contribution in [2.45, 2.75) is 0 Å². The second-order valence-electron chi connectivity index (χ2n) is 0.320. The van der Waals surface area contributed by atoms with E-state index in [4.69, 9.17) is 9.79 Å². The molecule has 0 aromatic rings. The summed E-state index contributed by atoms with van der Waals surface area (Å²) in [5.74, 6) is 0. The molecule has 0 spiro atoms. The zero-order valence-electron chi connectivity index (χ0n) is 3.33. The summed E-state index contributed by atoms with van der Waals surface area (Å²) in [6.45, 7) is 0. The zero-order chi connectivity index (χ0) is 3.58. The van der Waals surface area contributed by atoms with Gasteiger partial charge in [-0.2, -0.15) is 19.8 Å². The highest BCUT2D eigenvalue weighted by molar-refractivity contribution is 7.42. The molecule has 2 unspecified atom stereocenters. The normalized spacial score (nSPS) is 6.00. The van der Waals surface area contributed by atoms with Gasteiger partial charge in [-0.25, -0.2) is 0 Å². The SMILES string of the molecule is NP(O)O.P.P. The van der Waals surface area contributed by atoms with Crippen LogP contribution < -0.4 is 5.50 Å². The fourth-order valence-electron chi connectivity index (χ4n) is 0. The van der Waals surface area contributed by atoms with Gasteiger partial charge in [0.25, 0.3) is 0 Å². The highest BCUT2D eigenvalue weighted by Crippen LogP contribution is 2.05. The number of nitrogens with two attached hydrogens (primary N) is 1. The minimum absolute atomic E-state index is 0. The van der Waals surface area contributed by atoms with Crippen molar-refractivity contribution < 1.29 is 9.79 Å². The fourth-order valence-corrected chi connectivity index (χ4v) is 0. The maximum atomic E-state index is 7.45. The quantitative estimate of drug-likeness (QED) is 0.398. The van der Waals surface area contributed by atoms with E-state index in [2.05, 4.69) is 5.50 Å². The van der Waals surface area contributed by atoms with Crippen LogP contribution in [-0.4, -0.2) is 9.79 Å². The van der Waals surface area contributed by atoms with Gasteiger partial charge in [-0.1, -0.05) is 0 Å². The van der Waals surface area contributed by atoms with Crippen LogP contribution in [0.3, 0.4) is 0 Å². The van der Waals surface area contributed by atoms with E-state index in [1.165, 1.54) is 0 Å². The van der Waals surface area contributed by atoms with Gasteiger partial charge < -0.3 is 9.79 Å². The van der Waals surface area contributed by atoms with Crippen molar-refractivity contribution >= 4 is 28.3 Å². The van der Waals surface area contributed by atoms with E-state index in [-0.39, 0.29) is 19.8 Å². The van der Waals surface area contributed by atoms with E-state index in [1.54, 1.807) is 0 Å². The van der Waals surface area contributed by atoms with Crippen molar-refractivity contribution in [3.63, 3.8) is 0 Å². The van der Waals surface area contributed by atoms with E-state index in [0.29, 0.717) is 0 Å². The molecular weight excluding hydrogens is 139 g/mol. The first-order chi connectivity index (χ1) is 1.73. The molecule has 0 saturated heterocycles. The van der Waals surface area contributed by atoms with Gasteiger partial charge in [0.1, 0.15) is 0 Å². The molecule has 4 N–H and O–H groups in total. The summed E-state index contributed by atoms with van der Waals surface area (Å²) in [5.41, 5.74) is 4.29. The molecule has 0 rings (SSSR count). The molecule has 0 aromatic heterocycles. The first-order valence-corrected chi connectivity index (χ1v) is 1.97. The molecule has 6 heavy (non-hydrogen) atoms. The molecule has 3 nitrogen and oxygen atoms in total. The van der Waals surface area contributed by atoms with Gasteiger partial charge >= 0.3 is 0 Å². The Morgan fingerprint density at radius 3 is 1.17 bits per heavy atom. The van der Waals surface area contributed by atoms with Crippen LogP contribution in [0.5, 0.6) is 0 Å². The largest absolute Gasteiger partial charge is 0.338 e. The van der Waals surface area contributed by atoms with Gasteiger partial charge in [0.05, 0.1) is 0 Å². The van der Waals surface area contributed by atoms with Crippen LogP contribution in [-0.2, 0) is 0 Å². The lowest BCUT2D eigenvalue weighted by atomic mass is 13.9. The summed E-state index contributed by atoms with van der Waals surface area (Å²) in [5, 5.41) is 0. The number of hydrogen-bond acceptors (Lipinski definition) is 3. The van der Waals surface area contributed by atoms with Crippen molar-refractivity contribution in [2.75, 3.05) is 0 Å². The van der Waals surface area contributed by atoms with Gasteiger partial charge in [0.2, 0.25) is 8.53 Å². The van der Waals surface area contributed by atoms with Gasteiger partial charge in [-0.05, 0) is 0 Å². The summed E-state index contributed by atoms with van der Waals surface area (Å²) in [6.07, 6.45) is 0. The minimum atomic E-state index is -2.12. The van der Waals surface area contributed by atoms with Gasteiger partial charge in [0.15, 0.2) is 0 Å². The van der Waals surface area contributed by atoms with Crippen LogP contribution in [0, 0.1) is 0 Å². The molecule has 42 valence electrons. The van der Waals surface area contributed by atoms with Crippen molar-refractivity contribution in [2.24, 2.45) is 5.50 Å². The van der Waals surface area contributed by atoms with Crippen LogP contribution in [0.1, 0.15) is 0 Å². The summed E-state index contributed by atoms with van der Waals surface area (Å²) >= 11 is 0. The Morgan fingerprint density at radius 1 is 1.17 bits per heavy atom. The number of hydrogen-bond donors (Lipinski definition) is 3. The van der Waals surface area contributed by atoms with Gasteiger partial charge in [0, 0.05) is 0 Å². The van der Waals surface area contributed by atoms with E-state index in [9.17, 15) is 0 Å². The summed E-state index contributed by atoms with van der Waals surface area (Å²) in [6, 6.07) is 0. The predicted molar refractivity (Wildman–Crippen MR) is 37.8 cm³/mol. The molecule has 6 heteroatoms. The highest BCUT2D eigenvalue weighted by atomic mass is 31.2. The van der Waals surface area contributed by atoms with E-state index < -0.39 is 8.53 Å². The third-order valence-electron chi connectivity index (χ3n) is 0. The van der Waals surface area contributed by atoms with Crippen LogP contribution in [0.25, 0.3) is 0 Å². The molecule has 0 radical (unpaired) electrons.